The van der Waals surface area contributed by atoms with E-state index in [1.54, 1.807) is 13.0 Å². The van der Waals surface area contributed by atoms with Gasteiger partial charge in [0.2, 0.25) is 21.8 Å². The van der Waals surface area contributed by atoms with Crippen LogP contribution in [0.2, 0.25) is 0 Å². The molecule has 31 heavy (non-hydrogen) atoms. The van der Waals surface area contributed by atoms with Crippen LogP contribution in [0.1, 0.15) is 13.3 Å². The number of hydrogen-bond acceptors (Lipinski definition) is 7. The number of fused-ring (bicyclic) bond motifs is 1. The molecule has 1 aliphatic rings. The molecule has 0 saturated heterocycles. The number of rotatable bonds is 6. The van der Waals surface area contributed by atoms with E-state index < -0.39 is 31.5 Å². The number of nitrogens with two attached hydrogens (primary N) is 1. The molecule has 2 amide bonds. The van der Waals surface area contributed by atoms with Crippen molar-refractivity contribution >= 4 is 54.8 Å². The van der Waals surface area contributed by atoms with E-state index in [0.29, 0.717) is 17.1 Å². The molecule has 3 rings (SSSR count). The average molecular weight is 484 g/mol. The van der Waals surface area contributed by atoms with Crippen LogP contribution in [0.15, 0.2) is 57.2 Å². The summed E-state index contributed by atoms with van der Waals surface area (Å²) in [5.74, 6) is -0.735. The Morgan fingerprint density at radius 2 is 1.77 bits per heavy atom. The summed E-state index contributed by atoms with van der Waals surface area (Å²) >= 11 is 1.47. The first-order valence-electron chi connectivity index (χ1n) is 9.19. The van der Waals surface area contributed by atoms with Crippen molar-refractivity contribution < 1.29 is 26.4 Å². The van der Waals surface area contributed by atoms with Crippen molar-refractivity contribution in [3.8, 4) is 0 Å². The zero-order valence-corrected chi connectivity index (χ0v) is 18.9. The largest absolute Gasteiger partial charge is 0.326 e. The van der Waals surface area contributed by atoms with Crippen molar-refractivity contribution in [3.63, 3.8) is 0 Å². The Hall–Kier alpha value is -2.41. The van der Waals surface area contributed by atoms with Crippen molar-refractivity contribution in [2.24, 2.45) is 11.1 Å². The molecule has 2 aromatic carbocycles. The van der Waals surface area contributed by atoms with Crippen LogP contribution in [0.4, 0.5) is 11.4 Å². The maximum Gasteiger partial charge on any atom is 0.238 e. The van der Waals surface area contributed by atoms with Crippen molar-refractivity contribution in [1.82, 2.24) is 0 Å². The van der Waals surface area contributed by atoms with Crippen LogP contribution >= 0.6 is 11.8 Å². The lowest BCUT2D eigenvalue weighted by Gasteiger charge is -2.10. The molecule has 9 nitrogen and oxygen atoms in total. The molecule has 0 aromatic heterocycles. The van der Waals surface area contributed by atoms with Crippen LogP contribution in [-0.4, -0.2) is 40.2 Å². The van der Waals surface area contributed by atoms with Gasteiger partial charge in [0.15, 0.2) is 9.84 Å². The first-order chi connectivity index (χ1) is 14.5. The number of nitrogens with one attached hydrogen (secondary N) is 2. The minimum Gasteiger partial charge on any atom is -0.326 e. The number of benzene rings is 2. The second-order valence-electron chi connectivity index (χ2n) is 7.05. The molecule has 0 spiro atoms. The Kier molecular flexibility index (Phi) is 6.74. The van der Waals surface area contributed by atoms with Gasteiger partial charge >= 0.3 is 0 Å². The highest BCUT2D eigenvalue weighted by molar-refractivity contribution is 7.99. The highest BCUT2D eigenvalue weighted by Crippen LogP contribution is 2.34. The molecule has 12 heteroatoms. The molecular formula is C19H21N3O6S3. The van der Waals surface area contributed by atoms with Gasteiger partial charge in [-0.15, -0.1) is 11.8 Å². The summed E-state index contributed by atoms with van der Waals surface area (Å²) in [6.07, 6.45) is -0.297. The fourth-order valence-electron chi connectivity index (χ4n) is 2.77. The lowest BCUT2D eigenvalue weighted by Crippen LogP contribution is -2.20. The van der Waals surface area contributed by atoms with E-state index in [0.717, 1.165) is 4.90 Å². The summed E-state index contributed by atoms with van der Waals surface area (Å²) in [7, 11) is -7.61. The van der Waals surface area contributed by atoms with Gasteiger partial charge in [-0.25, -0.2) is 22.0 Å². The molecule has 0 radical (unpaired) electrons. The molecule has 0 fully saturated rings. The van der Waals surface area contributed by atoms with Gasteiger partial charge in [-0.1, -0.05) is 6.92 Å². The Labute approximate surface area is 184 Å². The number of thioether (sulfide) groups is 1. The number of sulfonamides is 1. The summed E-state index contributed by atoms with van der Waals surface area (Å²) in [5.41, 5.74) is 0.758. The van der Waals surface area contributed by atoms with Crippen LogP contribution in [0.5, 0.6) is 0 Å². The molecule has 0 aliphatic carbocycles. The van der Waals surface area contributed by atoms with Crippen molar-refractivity contribution in [2.75, 3.05) is 22.1 Å². The van der Waals surface area contributed by atoms with Gasteiger partial charge in [-0.2, -0.15) is 0 Å². The van der Waals surface area contributed by atoms with Gasteiger partial charge in [0.1, 0.15) is 0 Å². The van der Waals surface area contributed by atoms with Gasteiger partial charge in [0.25, 0.3) is 0 Å². The van der Waals surface area contributed by atoms with Crippen molar-refractivity contribution in [3.05, 3.63) is 42.5 Å². The maximum atomic E-state index is 12.7. The minimum atomic E-state index is -3.84. The third kappa shape index (κ3) is 5.85. The summed E-state index contributed by atoms with van der Waals surface area (Å²) in [5, 5.41) is 10.3. The molecule has 1 unspecified atom stereocenters. The minimum absolute atomic E-state index is 0.0204. The number of primary sulfonamides is 1. The van der Waals surface area contributed by atoms with Crippen LogP contribution in [0.3, 0.4) is 0 Å². The Morgan fingerprint density at radius 3 is 2.42 bits per heavy atom. The molecule has 1 atom stereocenters. The van der Waals surface area contributed by atoms with Crippen LogP contribution in [0.25, 0.3) is 0 Å². The number of hydrogen-bond donors (Lipinski definition) is 3. The van der Waals surface area contributed by atoms with E-state index >= 15 is 0 Å². The zero-order chi connectivity index (χ0) is 22.8. The summed E-state index contributed by atoms with van der Waals surface area (Å²) in [4.78, 5) is 24.9. The summed E-state index contributed by atoms with van der Waals surface area (Å²) in [6.45, 7) is 1.80. The Morgan fingerprint density at radius 1 is 1.13 bits per heavy atom. The van der Waals surface area contributed by atoms with E-state index in [2.05, 4.69) is 10.6 Å². The van der Waals surface area contributed by atoms with Crippen molar-refractivity contribution in [1.29, 1.82) is 0 Å². The van der Waals surface area contributed by atoms with Crippen LogP contribution in [0, 0.1) is 5.92 Å². The standard InChI is InChI=1S/C19H21N3O6S3/c1-12-11-29-17-7-6-15(10-16(17)22-19(12)24)30(25,26)9-8-18(23)21-13-2-4-14(5-3-13)31(20,27)28/h2-7,10,12H,8-9,11H2,1H3,(H,21,23)(H,22,24)(H2,20,27,28). The van der Waals surface area contributed by atoms with E-state index in [9.17, 15) is 26.4 Å². The second kappa shape index (κ2) is 8.99. The molecular weight excluding hydrogens is 462 g/mol. The molecule has 1 aliphatic heterocycles. The van der Waals surface area contributed by atoms with Gasteiger partial charge in [-0.05, 0) is 42.5 Å². The molecule has 1 heterocycles. The molecule has 2 aromatic rings. The predicted octanol–water partition coefficient (Wildman–Crippen LogP) is 1.82. The number of carbonyl (C=O) groups excluding carboxylic acids is 2. The number of anilines is 2. The fraction of sp³-hybridized carbons (Fsp3) is 0.263. The fourth-order valence-corrected chi connectivity index (χ4v) is 5.56. The summed E-state index contributed by atoms with van der Waals surface area (Å²) < 4.78 is 47.9. The van der Waals surface area contributed by atoms with E-state index in [1.807, 2.05) is 0 Å². The van der Waals surface area contributed by atoms with E-state index in [-0.39, 0.29) is 28.0 Å². The SMILES string of the molecule is CC1CSc2ccc(S(=O)(=O)CCC(=O)Nc3ccc(S(N)(=O)=O)cc3)cc2NC1=O. The highest BCUT2D eigenvalue weighted by Gasteiger charge is 2.23. The van der Waals surface area contributed by atoms with Gasteiger partial charge in [-0.3, -0.25) is 9.59 Å². The first-order valence-corrected chi connectivity index (χ1v) is 13.4. The number of carbonyl (C=O) groups is 2. The zero-order valence-electron chi connectivity index (χ0n) is 16.5. The monoisotopic (exact) mass is 483 g/mol. The third-order valence-corrected chi connectivity index (χ3v) is 8.55. The normalized spacial score (nSPS) is 16.7. The lowest BCUT2D eigenvalue weighted by atomic mass is 10.2. The first kappa shape index (κ1) is 23.3. The quantitative estimate of drug-likeness (QED) is 0.566. The Balaban J connectivity index is 1.65. The topological polar surface area (TPSA) is 152 Å². The summed E-state index contributed by atoms with van der Waals surface area (Å²) in [6, 6.07) is 9.73. The Bertz CT molecular complexity index is 1230. The maximum absolute atomic E-state index is 12.7. The average Bonchev–Trinajstić information content (AvgIpc) is 2.84. The van der Waals surface area contributed by atoms with Crippen molar-refractivity contribution in [2.45, 2.75) is 28.0 Å². The van der Waals surface area contributed by atoms with Gasteiger partial charge in [0, 0.05) is 28.7 Å². The van der Waals surface area contributed by atoms with Crippen LogP contribution in [-0.2, 0) is 29.4 Å². The molecule has 0 bridgehead atoms. The second-order valence-corrected chi connectivity index (χ2v) is 11.8. The van der Waals surface area contributed by atoms with Gasteiger partial charge < -0.3 is 10.6 Å². The molecule has 4 N–H and O–H groups in total. The van der Waals surface area contributed by atoms with Crippen LogP contribution < -0.4 is 15.8 Å². The van der Waals surface area contributed by atoms with E-state index in [4.69, 9.17) is 5.14 Å². The predicted molar refractivity (Wildman–Crippen MR) is 118 cm³/mol. The molecule has 166 valence electrons. The third-order valence-electron chi connectivity index (χ3n) is 4.57. The molecule has 0 saturated carbocycles. The number of amides is 2. The van der Waals surface area contributed by atoms with Gasteiger partial charge in [0.05, 0.1) is 21.2 Å². The number of sulfone groups is 1. The van der Waals surface area contributed by atoms with E-state index in [1.165, 1.54) is 48.2 Å². The smallest absolute Gasteiger partial charge is 0.238 e. The lowest BCUT2D eigenvalue weighted by molar-refractivity contribution is -0.118. The highest BCUT2D eigenvalue weighted by atomic mass is 32.2.